The number of anilines is 2. The molecule has 6 nitrogen and oxygen atoms in total. The summed E-state index contributed by atoms with van der Waals surface area (Å²) in [5.74, 6) is 0.452. The molecule has 4 heterocycles. The van der Waals surface area contributed by atoms with E-state index in [1.54, 1.807) is 23.2 Å². The third kappa shape index (κ3) is 3.72. The number of hydrogen-bond acceptors (Lipinski definition) is 4. The van der Waals surface area contributed by atoms with Crippen LogP contribution < -0.4 is 9.80 Å². The summed E-state index contributed by atoms with van der Waals surface area (Å²) in [6, 6.07) is 12.1. The third-order valence-electron chi connectivity index (χ3n) is 6.12. The number of aromatic nitrogens is 3. The number of amides is 1. The fourth-order valence-electron chi connectivity index (χ4n) is 4.57. The van der Waals surface area contributed by atoms with Gasteiger partial charge in [-0.1, -0.05) is 18.2 Å². The predicted molar refractivity (Wildman–Crippen MR) is 114 cm³/mol. The van der Waals surface area contributed by atoms with Crippen LogP contribution >= 0.6 is 0 Å². The monoisotopic (exact) mass is 441 g/mol. The lowest BCUT2D eigenvalue weighted by atomic mass is 10.0. The molecule has 1 amide bonds. The fourth-order valence-corrected chi connectivity index (χ4v) is 4.57. The van der Waals surface area contributed by atoms with Crippen molar-refractivity contribution in [1.82, 2.24) is 14.8 Å². The van der Waals surface area contributed by atoms with Crippen LogP contribution in [0.3, 0.4) is 0 Å². The quantitative estimate of drug-likeness (QED) is 0.607. The minimum absolute atomic E-state index is 0.112. The summed E-state index contributed by atoms with van der Waals surface area (Å²) in [6.07, 6.45) is 0.843. The SMILES string of the molecule is O=C(c1cccnc1N1CCCC(n2ccc(C(F)(F)F)n2)C1)N1CCc2ccccc21. The molecule has 0 aliphatic carbocycles. The first kappa shape index (κ1) is 20.5. The van der Waals surface area contributed by atoms with Crippen molar-refractivity contribution < 1.29 is 18.0 Å². The molecule has 0 N–H and O–H groups in total. The molecule has 0 spiro atoms. The molecule has 0 saturated carbocycles. The van der Waals surface area contributed by atoms with Crippen LogP contribution in [-0.2, 0) is 12.6 Å². The molecule has 32 heavy (non-hydrogen) atoms. The molecule has 2 aromatic heterocycles. The third-order valence-corrected chi connectivity index (χ3v) is 6.12. The maximum absolute atomic E-state index is 13.5. The van der Waals surface area contributed by atoms with E-state index in [-0.39, 0.29) is 11.9 Å². The second kappa shape index (κ2) is 7.96. The fraction of sp³-hybridized carbons (Fsp3) is 0.348. The van der Waals surface area contributed by atoms with Crippen molar-refractivity contribution in [2.45, 2.75) is 31.5 Å². The zero-order valence-electron chi connectivity index (χ0n) is 17.3. The smallest absolute Gasteiger partial charge is 0.354 e. The first-order valence-corrected chi connectivity index (χ1v) is 10.6. The van der Waals surface area contributed by atoms with Gasteiger partial charge in [-0.2, -0.15) is 18.3 Å². The van der Waals surface area contributed by atoms with E-state index in [1.807, 2.05) is 29.2 Å². The van der Waals surface area contributed by atoms with Gasteiger partial charge in [-0.25, -0.2) is 4.98 Å². The second-order valence-electron chi connectivity index (χ2n) is 8.13. The number of alkyl halides is 3. The molecule has 1 unspecified atom stereocenters. The zero-order valence-corrected chi connectivity index (χ0v) is 17.3. The van der Waals surface area contributed by atoms with E-state index >= 15 is 0 Å². The lowest BCUT2D eigenvalue weighted by molar-refractivity contribution is -0.141. The molecule has 9 heteroatoms. The summed E-state index contributed by atoms with van der Waals surface area (Å²) in [6.45, 7) is 1.73. The molecule has 3 aromatic rings. The summed E-state index contributed by atoms with van der Waals surface area (Å²) in [4.78, 5) is 21.7. The molecular weight excluding hydrogens is 419 g/mol. The number of benzene rings is 1. The highest BCUT2D eigenvalue weighted by Gasteiger charge is 2.35. The van der Waals surface area contributed by atoms with Gasteiger partial charge in [0.1, 0.15) is 5.82 Å². The van der Waals surface area contributed by atoms with Crippen LogP contribution in [0.1, 0.15) is 40.5 Å². The zero-order chi connectivity index (χ0) is 22.3. The van der Waals surface area contributed by atoms with Gasteiger partial charge in [-0.15, -0.1) is 0 Å². The predicted octanol–water partition coefficient (Wildman–Crippen LogP) is 4.34. The lowest BCUT2D eigenvalue weighted by Gasteiger charge is -2.34. The van der Waals surface area contributed by atoms with Crippen molar-refractivity contribution in [1.29, 1.82) is 0 Å². The Morgan fingerprint density at radius 3 is 2.72 bits per heavy atom. The second-order valence-corrected chi connectivity index (χ2v) is 8.13. The molecule has 166 valence electrons. The Balaban J connectivity index is 1.40. The molecule has 1 fully saturated rings. The number of rotatable bonds is 3. The van der Waals surface area contributed by atoms with Crippen LogP contribution in [0, 0.1) is 0 Å². The van der Waals surface area contributed by atoms with Crippen LogP contribution in [0.5, 0.6) is 0 Å². The number of fused-ring (bicyclic) bond motifs is 1. The average Bonchev–Trinajstić information content (AvgIpc) is 3.46. The summed E-state index contributed by atoms with van der Waals surface area (Å²) in [5, 5.41) is 3.75. The largest absolute Gasteiger partial charge is 0.435 e. The summed E-state index contributed by atoms with van der Waals surface area (Å²) >= 11 is 0. The standard InChI is InChI=1S/C23H22F3N5O/c24-23(25,26)20-10-14-31(28-20)17-6-4-12-29(15-17)21-18(7-3-11-27-21)22(32)30-13-9-16-5-1-2-8-19(16)30/h1-3,5,7-8,10-11,14,17H,4,6,9,12-13,15H2. The molecule has 1 atom stereocenters. The number of piperidine rings is 1. The van der Waals surface area contributed by atoms with Gasteiger partial charge in [0.2, 0.25) is 0 Å². The molecule has 5 rings (SSSR count). The maximum Gasteiger partial charge on any atom is 0.435 e. The van der Waals surface area contributed by atoms with Gasteiger partial charge in [0, 0.05) is 37.7 Å². The Bertz CT molecular complexity index is 1140. The highest BCUT2D eigenvalue weighted by Crippen LogP contribution is 2.33. The number of carbonyl (C=O) groups excluding carboxylic acids is 1. The Kier molecular flexibility index (Phi) is 5.11. The Labute approximate surface area is 183 Å². The average molecular weight is 441 g/mol. The van der Waals surface area contributed by atoms with Gasteiger partial charge in [0.25, 0.3) is 5.91 Å². The Morgan fingerprint density at radius 1 is 1.06 bits per heavy atom. The first-order valence-electron chi connectivity index (χ1n) is 10.6. The van der Waals surface area contributed by atoms with E-state index in [1.165, 1.54) is 10.9 Å². The molecular formula is C23H22F3N5O. The van der Waals surface area contributed by atoms with E-state index in [2.05, 4.69) is 10.1 Å². The number of carbonyl (C=O) groups is 1. The molecule has 0 bridgehead atoms. The summed E-state index contributed by atoms with van der Waals surface area (Å²) in [5.41, 5.74) is 1.67. The molecule has 0 radical (unpaired) electrons. The number of halogens is 3. The molecule has 2 aliphatic heterocycles. The molecule has 2 aliphatic rings. The summed E-state index contributed by atoms with van der Waals surface area (Å²) < 4.78 is 40.3. The van der Waals surface area contributed by atoms with E-state index in [9.17, 15) is 18.0 Å². The highest BCUT2D eigenvalue weighted by atomic mass is 19.4. The van der Waals surface area contributed by atoms with Crippen molar-refractivity contribution in [2.75, 3.05) is 29.4 Å². The summed E-state index contributed by atoms with van der Waals surface area (Å²) in [7, 11) is 0. The van der Waals surface area contributed by atoms with Gasteiger partial charge < -0.3 is 9.80 Å². The van der Waals surface area contributed by atoms with E-state index in [0.29, 0.717) is 37.4 Å². The van der Waals surface area contributed by atoms with Crippen LogP contribution in [0.2, 0.25) is 0 Å². The minimum atomic E-state index is -4.47. The van der Waals surface area contributed by atoms with Gasteiger partial charge >= 0.3 is 6.18 Å². The minimum Gasteiger partial charge on any atom is -0.354 e. The Hall–Kier alpha value is -3.36. The first-order chi connectivity index (χ1) is 15.4. The molecule has 1 aromatic carbocycles. The Morgan fingerprint density at radius 2 is 1.91 bits per heavy atom. The van der Waals surface area contributed by atoms with Gasteiger partial charge in [-0.05, 0) is 49.1 Å². The number of hydrogen-bond donors (Lipinski definition) is 0. The van der Waals surface area contributed by atoms with Crippen molar-refractivity contribution in [3.63, 3.8) is 0 Å². The van der Waals surface area contributed by atoms with E-state index < -0.39 is 11.9 Å². The van der Waals surface area contributed by atoms with Crippen molar-refractivity contribution in [3.8, 4) is 0 Å². The van der Waals surface area contributed by atoms with Crippen LogP contribution in [-0.4, -0.2) is 40.3 Å². The van der Waals surface area contributed by atoms with Crippen LogP contribution in [0.4, 0.5) is 24.7 Å². The highest BCUT2D eigenvalue weighted by molar-refractivity contribution is 6.10. The normalized spacial score (nSPS) is 18.7. The van der Waals surface area contributed by atoms with Gasteiger partial charge in [0.15, 0.2) is 5.69 Å². The van der Waals surface area contributed by atoms with Crippen molar-refractivity contribution in [3.05, 3.63) is 71.7 Å². The lowest BCUT2D eigenvalue weighted by Crippen LogP contribution is -2.39. The number of para-hydroxylation sites is 1. The number of nitrogens with zero attached hydrogens (tertiary/aromatic N) is 5. The van der Waals surface area contributed by atoms with Crippen LogP contribution in [0.25, 0.3) is 0 Å². The topological polar surface area (TPSA) is 54.3 Å². The van der Waals surface area contributed by atoms with E-state index in [0.717, 1.165) is 30.2 Å². The van der Waals surface area contributed by atoms with E-state index in [4.69, 9.17) is 0 Å². The maximum atomic E-state index is 13.5. The van der Waals surface area contributed by atoms with Gasteiger partial charge in [0.05, 0.1) is 11.6 Å². The van der Waals surface area contributed by atoms with Crippen LogP contribution in [0.15, 0.2) is 54.9 Å². The van der Waals surface area contributed by atoms with Crippen molar-refractivity contribution >= 4 is 17.4 Å². The van der Waals surface area contributed by atoms with Gasteiger partial charge in [-0.3, -0.25) is 9.48 Å². The molecule has 1 saturated heterocycles. The number of pyridine rings is 1. The van der Waals surface area contributed by atoms with Crippen molar-refractivity contribution in [2.24, 2.45) is 0 Å².